The predicted molar refractivity (Wildman–Crippen MR) is 69.5 cm³/mol. The van der Waals surface area contributed by atoms with Crippen molar-refractivity contribution in [3.05, 3.63) is 29.6 Å². The maximum Gasteiger partial charge on any atom is 0.309 e. The highest BCUT2D eigenvalue weighted by Crippen LogP contribution is 2.33. The van der Waals surface area contributed by atoms with Gasteiger partial charge in [0, 0.05) is 19.2 Å². The quantitative estimate of drug-likeness (QED) is 0.625. The lowest BCUT2D eigenvalue weighted by molar-refractivity contribution is -0.132. The van der Waals surface area contributed by atoms with Crippen LogP contribution in [0.5, 0.6) is 5.88 Å². The van der Waals surface area contributed by atoms with E-state index in [1.807, 2.05) is 0 Å². The van der Waals surface area contributed by atoms with Crippen molar-refractivity contribution in [1.29, 1.82) is 0 Å². The molecule has 0 saturated carbocycles. The Morgan fingerprint density at radius 2 is 1.80 bits per heavy atom. The van der Waals surface area contributed by atoms with Gasteiger partial charge in [-0.2, -0.15) is 0 Å². The van der Waals surface area contributed by atoms with Crippen molar-refractivity contribution in [2.45, 2.75) is 20.8 Å². The van der Waals surface area contributed by atoms with E-state index in [0.29, 0.717) is 5.52 Å². The predicted octanol–water partition coefficient (Wildman–Crippen LogP) is 2.57. The number of rotatable bonds is 2. The normalized spacial score (nSPS) is 10.6. The number of Topliss-reactive ketones (excluding diaryl/α,β-unsaturated/α-hetero) is 1. The first-order valence-electron chi connectivity index (χ1n) is 5.87. The van der Waals surface area contributed by atoms with Gasteiger partial charge in [0.2, 0.25) is 11.8 Å². The van der Waals surface area contributed by atoms with Crippen molar-refractivity contribution in [3.63, 3.8) is 0 Å². The van der Waals surface area contributed by atoms with Crippen LogP contribution >= 0.6 is 0 Å². The Bertz CT molecular complexity index is 745. The van der Waals surface area contributed by atoms with Crippen molar-refractivity contribution in [1.82, 2.24) is 4.57 Å². The van der Waals surface area contributed by atoms with Crippen LogP contribution in [0.15, 0.2) is 18.2 Å². The van der Waals surface area contributed by atoms with Crippen LogP contribution in [0.2, 0.25) is 0 Å². The highest BCUT2D eigenvalue weighted by atomic mass is 19.1. The number of carbonyl (C=O) groups is 3. The molecule has 0 aliphatic rings. The molecule has 6 heteroatoms. The van der Waals surface area contributed by atoms with E-state index in [1.54, 1.807) is 0 Å². The van der Waals surface area contributed by atoms with Gasteiger partial charge in [-0.15, -0.1) is 0 Å². The molecule has 0 radical (unpaired) electrons. The molecule has 0 spiro atoms. The fourth-order valence-electron chi connectivity index (χ4n) is 2.13. The fraction of sp³-hybridized carbons (Fsp3) is 0.214. The van der Waals surface area contributed by atoms with Crippen LogP contribution in [0.25, 0.3) is 10.9 Å². The summed E-state index contributed by atoms with van der Waals surface area (Å²) < 4.78 is 19.4. The minimum Gasteiger partial charge on any atom is -0.408 e. The molecule has 0 N–H and O–H groups in total. The number of esters is 1. The number of hydrogen-bond donors (Lipinski definition) is 0. The summed E-state index contributed by atoms with van der Waals surface area (Å²) in [6.45, 7) is 3.68. The van der Waals surface area contributed by atoms with Gasteiger partial charge in [0.25, 0.3) is 0 Å². The summed E-state index contributed by atoms with van der Waals surface area (Å²) in [5, 5.41) is 0.240. The largest absolute Gasteiger partial charge is 0.408 e. The molecule has 2 rings (SSSR count). The first-order chi connectivity index (χ1) is 9.32. The van der Waals surface area contributed by atoms with Crippen molar-refractivity contribution in [3.8, 4) is 5.88 Å². The molecule has 1 aromatic carbocycles. The van der Waals surface area contributed by atoms with E-state index in [4.69, 9.17) is 4.74 Å². The van der Waals surface area contributed by atoms with E-state index in [9.17, 15) is 18.8 Å². The van der Waals surface area contributed by atoms with Crippen LogP contribution in [0.1, 0.15) is 35.9 Å². The summed E-state index contributed by atoms with van der Waals surface area (Å²) in [4.78, 5) is 34.7. The van der Waals surface area contributed by atoms with Gasteiger partial charge >= 0.3 is 5.97 Å². The molecule has 0 bridgehead atoms. The van der Waals surface area contributed by atoms with E-state index in [1.165, 1.54) is 26.0 Å². The molecule has 0 aliphatic heterocycles. The van der Waals surface area contributed by atoms with E-state index in [0.717, 1.165) is 17.6 Å². The highest BCUT2D eigenvalue weighted by Gasteiger charge is 2.25. The number of nitrogens with zero attached hydrogens (tertiary/aromatic N) is 1. The molecule has 5 nitrogen and oxygen atoms in total. The van der Waals surface area contributed by atoms with Crippen LogP contribution in [0.3, 0.4) is 0 Å². The summed E-state index contributed by atoms with van der Waals surface area (Å²) in [5.41, 5.74) is 0.338. The Hall–Kier alpha value is -2.50. The number of hydrogen-bond acceptors (Lipinski definition) is 4. The molecular weight excluding hydrogens is 265 g/mol. The third-order valence-electron chi connectivity index (χ3n) is 2.79. The number of halogens is 1. The zero-order valence-corrected chi connectivity index (χ0v) is 11.2. The Labute approximate surface area is 113 Å². The number of fused-ring (bicyclic) bond motifs is 1. The molecule has 0 fully saturated rings. The first-order valence-corrected chi connectivity index (χ1v) is 5.87. The van der Waals surface area contributed by atoms with E-state index >= 15 is 0 Å². The Kier molecular flexibility index (Phi) is 3.40. The zero-order valence-electron chi connectivity index (χ0n) is 11.2. The van der Waals surface area contributed by atoms with Crippen LogP contribution in [-0.4, -0.2) is 22.2 Å². The number of ketones is 1. The fourth-order valence-corrected chi connectivity index (χ4v) is 2.13. The van der Waals surface area contributed by atoms with Gasteiger partial charge in [-0.1, -0.05) is 0 Å². The van der Waals surface area contributed by atoms with Crippen LogP contribution in [0.4, 0.5) is 4.39 Å². The maximum atomic E-state index is 13.4. The van der Waals surface area contributed by atoms with Crippen molar-refractivity contribution < 1.29 is 23.5 Å². The lowest BCUT2D eigenvalue weighted by Gasteiger charge is -2.06. The minimum absolute atomic E-state index is 0.0184. The summed E-state index contributed by atoms with van der Waals surface area (Å²) in [7, 11) is 0. The summed E-state index contributed by atoms with van der Waals surface area (Å²) in [5.74, 6) is -2.24. The van der Waals surface area contributed by atoms with E-state index in [-0.39, 0.29) is 16.8 Å². The van der Waals surface area contributed by atoms with Crippen LogP contribution in [-0.2, 0) is 4.79 Å². The minimum atomic E-state index is -0.668. The van der Waals surface area contributed by atoms with Crippen molar-refractivity contribution in [2.75, 3.05) is 0 Å². The van der Waals surface area contributed by atoms with Crippen molar-refractivity contribution >= 4 is 28.6 Å². The third kappa shape index (κ3) is 2.20. The third-order valence-corrected chi connectivity index (χ3v) is 2.79. The molecule has 0 amide bonds. The standard InChI is InChI=1S/C14H12FNO4/c1-7(17)13-11-6-10(15)4-5-12(11)16(8(2)18)14(13)20-9(3)19/h4-6H,1-3H3. The Morgan fingerprint density at radius 3 is 2.30 bits per heavy atom. The van der Waals surface area contributed by atoms with Gasteiger partial charge in [-0.3, -0.25) is 14.4 Å². The van der Waals surface area contributed by atoms with Gasteiger partial charge in [-0.25, -0.2) is 8.96 Å². The van der Waals surface area contributed by atoms with Gasteiger partial charge in [0.1, 0.15) is 5.82 Å². The average Bonchev–Trinajstić information content (AvgIpc) is 2.60. The molecule has 1 heterocycles. The van der Waals surface area contributed by atoms with Crippen LogP contribution < -0.4 is 4.74 Å². The first kappa shape index (κ1) is 13.9. The maximum absolute atomic E-state index is 13.4. The second kappa shape index (κ2) is 4.88. The molecule has 0 saturated heterocycles. The summed E-state index contributed by atoms with van der Waals surface area (Å²) in [6.07, 6.45) is 0. The average molecular weight is 277 g/mol. The van der Waals surface area contributed by atoms with Gasteiger partial charge in [0.15, 0.2) is 5.78 Å². The molecule has 0 atom stereocenters. The number of aromatic nitrogens is 1. The molecule has 1 aromatic heterocycles. The Morgan fingerprint density at radius 1 is 1.15 bits per heavy atom. The van der Waals surface area contributed by atoms with Crippen molar-refractivity contribution in [2.24, 2.45) is 0 Å². The monoisotopic (exact) mass is 277 g/mol. The molecule has 104 valence electrons. The topological polar surface area (TPSA) is 65.4 Å². The summed E-state index contributed by atoms with van der Waals surface area (Å²) >= 11 is 0. The molecular formula is C14H12FNO4. The van der Waals surface area contributed by atoms with E-state index < -0.39 is 23.5 Å². The Balaban J connectivity index is 2.94. The van der Waals surface area contributed by atoms with Crippen LogP contribution in [0, 0.1) is 5.82 Å². The number of carbonyl (C=O) groups excluding carboxylic acids is 3. The zero-order chi connectivity index (χ0) is 15.0. The number of ether oxygens (including phenoxy) is 1. The SMILES string of the molecule is CC(=O)Oc1c(C(C)=O)c2cc(F)ccc2n1C(C)=O. The van der Waals surface area contributed by atoms with Gasteiger partial charge in [-0.05, 0) is 25.1 Å². The second-order valence-electron chi connectivity index (χ2n) is 4.35. The molecule has 2 aromatic rings. The molecule has 0 aliphatic carbocycles. The smallest absolute Gasteiger partial charge is 0.309 e. The second-order valence-corrected chi connectivity index (χ2v) is 4.35. The van der Waals surface area contributed by atoms with Gasteiger partial charge < -0.3 is 4.74 Å². The lowest BCUT2D eigenvalue weighted by atomic mass is 10.1. The highest BCUT2D eigenvalue weighted by molar-refractivity contribution is 6.12. The van der Waals surface area contributed by atoms with E-state index in [2.05, 4.69) is 0 Å². The molecule has 20 heavy (non-hydrogen) atoms. The summed E-state index contributed by atoms with van der Waals surface area (Å²) in [6, 6.07) is 3.67. The number of benzene rings is 1. The van der Waals surface area contributed by atoms with Gasteiger partial charge in [0.05, 0.1) is 11.1 Å². The lowest BCUT2D eigenvalue weighted by Crippen LogP contribution is -2.13. The molecule has 0 unspecified atom stereocenters.